The minimum atomic E-state index is -0.298. The van der Waals surface area contributed by atoms with Crippen LogP contribution in [0.2, 0.25) is 0 Å². The molecule has 4 N–H and O–H groups in total. The maximum atomic E-state index is 12.1. The predicted molar refractivity (Wildman–Crippen MR) is 114 cm³/mol. The topological polar surface area (TPSA) is 93.7 Å². The van der Waals surface area contributed by atoms with E-state index in [-0.39, 0.29) is 18.5 Å². The zero-order chi connectivity index (χ0) is 20.6. The molecule has 2 aromatic carbocycles. The van der Waals surface area contributed by atoms with E-state index in [0.717, 1.165) is 31.5 Å². The summed E-state index contributed by atoms with van der Waals surface area (Å²) in [6.45, 7) is 2.63. The van der Waals surface area contributed by atoms with Crippen LogP contribution >= 0.6 is 0 Å². The summed E-state index contributed by atoms with van der Waals surface area (Å²) in [5.74, 6) is 0.260. The molecule has 7 heteroatoms. The lowest BCUT2D eigenvalue weighted by molar-refractivity contribution is 0.0963. The first kappa shape index (κ1) is 20.7. The Hall–Kier alpha value is -3.06. The Morgan fingerprint density at radius 3 is 2.28 bits per heavy atom. The molecule has 0 unspecified atom stereocenters. The Balaban J connectivity index is 1.46. The van der Waals surface area contributed by atoms with E-state index in [0.29, 0.717) is 23.7 Å². The molecule has 2 aromatic rings. The number of aliphatic hydroxyl groups excluding tert-OH is 1. The molecule has 1 saturated heterocycles. The molecule has 3 amide bonds. The molecule has 29 heavy (non-hydrogen) atoms. The second-order valence-electron chi connectivity index (χ2n) is 7.24. The fourth-order valence-electron chi connectivity index (χ4n) is 3.41. The first-order valence-corrected chi connectivity index (χ1v) is 9.91. The molecule has 1 fully saturated rings. The fourth-order valence-corrected chi connectivity index (χ4v) is 3.41. The number of hydrogen-bond donors (Lipinski definition) is 4. The molecule has 3 rings (SSSR count). The minimum absolute atomic E-state index is 0.165. The number of carbonyl (C=O) groups is 2. The SMILES string of the molecule is CNC(=O)c1ccc(NC(=O)NCc2ccc(N3CCC(CO)CC3)cc2)cc1. The van der Waals surface area contributed by atoms with Gasteiger partial charge >= 0.3 is 6.03 Å². The van der Waals surface area contributed by atoms with Crippen molar-refractivity contribution >= 4 is 23.3 Å². The zero-order valence-electron chi connectivity index (χ0n) is 16.6. The van der Waals surface area contributed by atoms with E-state index >= 15 is 0 Å². The van der Waals surface area contributed by atoms with E-state index in [1.165, 1.54) is 5.69 Å². The van der Waals surface area contributed by atoms with Crippen LogP contribution in [0.15, 0.2) is 48.5 Å². The number of amides is 3. The van der Waals surface area contributed by atoms with Gasteiger partial charge in [-0.1, -0.05) is 12.1 Å². The third-order valence-electron chi connectivity index (χ3n) is 5.26. The van der Waals surface area contributed by atoms with Crippen LogP contribution in [0.1, 0.15) is 28.8 Å². The van der Waals surface area contributed by atoms with Gasteiger partial charge in [-0.2, -0.15) is 0 Å². The van der Waals surface area contributed by atoms with E-state index in [1.54, 1.807) is 31.3 Å². The number of nitrogens with zero attached hydrogens (tertiary/aromatic N) is 1. The smallest absolute Gasteiger partial charge is 0.319 e. The van der Waals surface area contributed by atoms with Gasteiger partial charge in [-0.05, 0) is 60.7 Å². The summed E-state index contributed by atoms with van der Waals surface area (Å²) < 4.78 is 0. The lowest BCUT2D eigenvalue weighted by Crippen LogP contribution is -2.34. The van der Waals surface area contributed by atoms with Crippen LogP contribution in [-0.4, -0.2) is 43.8 Å². The van der Waals surface area contributed by atoms with Crippen molar-refractivity contribution in [2.24, 2.45) is 5.92 Å². The average molecular weight is 396 g/mol. The van der Waals surface area contributed by atoms with Crippen LogP contribution < -0.4 is 20.9 Å². The molecule has 154 valence electrons. The number of aliphatic hydroxyl groups is 1. The molecule has 1 aliphatic heterocycles. The van der Waals surface area contributed by atoms with Gasteiger partial charge in [-0.15, -0.1) is 0 Å². The summed E-state index contributed by atoms with van der Waals surface area (Å²) in [5.41, 5.74) is 3.35. The summed E-state index contributed by atoms with van der Waals surface area (Å²) in [5, 5.41) is 17.4. The second kappa shape index (κ2) is 9.93. The fraction of sp³-hybridized carbons (Fsp3) is 0.364. The highest BCUT2D eigenvalue weighted by Gasteiger charge is 2.18. The van der Waals surface area contributed by atoms with Gasteiger partial charge in [-0.3, -0.25) is 4.79 Å². The summed E-state index contributed by atoms with van der Waals surface area (Å²) in [4.78, 5) is 26.0. The van der Waals surface area contributed by atoms with Gasteiger partial charge in [0.2, 0.25) is 0 Å². The van der Waals surface area contributed by atoms with Crippen LogP contribution in [0.4, 0.5) is 16.2 Å². The van der Waals surface area contributed by atoms with Gasteiger partial charge < -0.3 is 26.0 Å². The van der Waals surface area contributed by atoms with E-state index in [1.807, 2.05) is 12.1 Å². The van der Waals surface area contributed by atoms with Crippen molar-refractivity contribution in [1.82, 2.24) is 10.6 Å². The second-order valence-corrected chi connectivity index (χ2v) is 7.24. The van der Waals surface area contributed by atoms with Gasteiger partial charge in [-0.25, -0.2) is 4.79 Å². The largest absolute Gasteiger partial charge is 0.396 e. The number of nitrogens with one attached hydrogen (secondary N) is 3. The molecule has 1 aliphatic rings. The van der Waals surface area contributed by atoms with E-state index in [4.69, 9.17) is 0 Å². The molecule has 0 spiro atoms. The molecular weight excluding hydrogens is 368 g/mol. The first-order valence-electron chi connectivity index (χ1n) is 9.91. The van der Waals surface area contributed by atoms with Crippen molar-refractivity contribution < 1.29 is 14.7 Å². The molecule has 0 atom stereocenters. The van der Waals surface area contributed by atoms with Crippen molar-refractivity contribution in [1.29, 1.82) is 0 Å². The maximum Gasteiger partial charge on any atom is 0.319 e. The molecule has 0 aromatic heterocycles. The van der Waals surface area contributed by atoms with Crippen LogP contribution in [0.25, 0.3) is 0 Å². The Bertz CT molecular complexity index is 813. The standard InChI is InChI=1S/C22H28N4O3/c1-23-21(28)18-4-6-19(7-5-18)25-22(29)24-14-16-2-8-20(9-3-16)26-12-10-17(15-27)11-13-26/h2-9,17,27H,10-15H2,1H3,(H,23,28)(H2,24,25,29). The first-order chi connectivity index (χ1) is 14.1. The van der Waals surface area contributed by atoms with Crippen molar-refractivity contribution in [3.8, 4) is 0 Å². The lowest BCUT2D eigenvalue weighted by Gasteiger charge is -2.33. The van der Waals surface area contributed by atoms with Gasteiger partial charge in [0.25, 0.3) is 5.91 Å². The zero-order valence-corrected chi connectivity index (χ0v) is 16.6. The molecule has 0 aliphatic carbocycles. The highest BCUT2D eigenvalue weighted by atomic mass is 16.3. The quantitative estimate of drug-likeness (QED) is 0.604. The monoisotopic (exact) mass is 396 g/mol. The van der Waals surface area contributed by atoms with Crippen LogP contribution in [0.3, 0.4) is 0 Å². The third-order valence-corrected chi connectivity index (χ3v) is 5.26. The van der Waals surface area contributed by atoms with Gasteiger partial charge in [0, 0.05) is 50.2 Å². The van der Waals surface area contributed by atoms with E-state index in [9.17, 15) is 14.7 Å². The number of anilines is 2. The van der Waals surface area contributed by atoms with Gasteiger partial charge in [0.1, 0.15) is 0 Å². The van der Waals surface area contributed by atoms with Crippen molar-refractivity contribution in [2.75, 3.05) is 37.0 Å². The predicted octanol–water partition coefficient (Wildman–Crippen LogP) is 2.58. The summed E-state index contributed by atoms with van der Waals surface area (Å²) in [6, 6.07) is 14.6. The van der Waals surface area contributed by atoms with Crippen molar-refractivity contribution in [3.63, 3.8) is 0 Å². The van der Waals surface area contributed by atoms with Gasteiger partial charge in [0.15, 0.2) is 0 Å². The Kier molecular flexibility index (Phi) is 7.08. The Morgan fingerprint density at radius 1 is 1.03 bits per heavy atom. The minimum Gasteiger partial charge on any atom is -0.396 e. The molecule has 0 saturated carbocycles. The van der Waals surface area contributed by atoms with Gasteiger partial charge in [0.05, 0.1) is 0 Å². The number of urea groups is 1. The summed E-state index contributed by atoms with van der Waals surface area (Å²) >= 11 is 0. The van der Waals surface area contributed by atoms with Crippen LogP contribution in [0, 0.1) is 5.92 Å². The molecular formula is C22H28N4O3. The van der Waals surface area contributed by atoms with Crippen LogP contribution in [0.5, 0.6) is 0 Å². The number of piperidine rings is 1. The molecule has 1 heterocycles. The number of benzene rings is 2. The number of rotatable bonds is 6. The van der Waals surface area contributed by atoms with E-state index < -0.39 is 0 Å². The Labute approximate surface area is 171 Å². The Morgan fingerprint density at radius 2 is 1.69 bits per heavy atom. The van der Waals surface area contributed by atoms with Crippen molar-refractivity contribution in [3.05, 3.63) is 59.7 Å². The molecule has 0 radical (unpaired) electrons. The normalized spacial score (nSPS) is 14.3. The summed E-state index contributed by atoms with van der Waals surface area (Å²) in [6.07, 6.45) is 2.04. The summed E-state index contributed by atoms with van der Waals surface area (Å²) in [7, 11) is 1.58. The van der Waals surface area contributed by atoms with Crippen LogP contribution in [-0.2, 0) is 6.54 Å². The maximum absolute atomic E-state index is 12.1. The van der Waals surface area contributed by atoms with Crippen molar-refractivity contribution in [2.45, 2.75) is 19.4 Å². The highest BCUT2D eigenvalue weighted by Crippen LogP contribution is 2.23. The molecule has 7 nitrogen and oxygen atoms in total. The average Bonchev–Trinajstić information content (AvgIpc) is 2.78. The number of carbonyl (C=O) groups excluding carboxylic acids is 2. The molecule has 0 bridgehead atoms. The third kappa shape index (κ3) is 5.71. The number of hydrogen-bond acceptors (Lipinski definition) is 4. The highest BCUT2D eigenvalue weighted by molar-refractivity contribution is 5.95. The van der Waals surface area contributed by atoms with E-state index in [2.05, 4.69) is 33.0 Å². The lowest BCUT2D eigenvalue weighted by atomic mass is 9.97.